The molecule has 1 aliphatic rings. The molecular formula is C17H22N2O2. The van der Waals surface area contributed by atoms with Gasteiger partial charge >= 0.3 is 0 Å². The van der Waals surface area contributed by atoms with E-state index in [9.17, 15) is 4.79 Å². The van der Waals surface area contributed by atoms with Crippen molar-refractivity contribution < 1.29 is 4.74 Å². The fourth-order valence-corrected chi connectivity index (χ4v) is 3.15. The first-order chi connectivity index (χ1) is 9.89. The lowest BCUT2D eigenvalue weighted by Gasteiger charge is -2.36. The molecule has 21 heavy (non-hydrogen) atoms. The highest BCUT2D eigenvalue weighted by Gasteiger charge is 2.30. The largest absolute Gasteiger partial charge is 0.375 e. The van der Waals surface area contributed by atoms with Crippen molar-refractivity contribution in [2.75, 3.05) is 6.61 Å². The Morgan fingerprint density at radius 1 is 1.33 bits per heavy atom. The van der Waals surface area contributed by atoms with Crippen molar-refractivity contribution >= 4 is 10.9 Å². The smallest absolute Gasteiger partial charge is 0.261 e. The van der Waals surface area contributed by atoms with Crippen LogP contribution in [0.4, 0.5) is 0 Å². The minimum atomic E-state index is -0.180. The van der Waals surface area contributed by atoms with E-state index in [0.29, 0.717) is 12.0 Å². The quantitative estimate of drug-likeness (QED) is 0.809. The second-order valence-electron chi connectivity index (χ2n) is 6.62. The monoisotopic (exact) mass is 286 g/mol. The van der Waals surface area contributed by atoms with Crippen molar-refractivity contribution in [1.29, 1.82) is 0 Å². The summed E-state index contributed by atoms with van der Waals surface area (Å²) < 4.78 is 7.54. The van der Waals surface area contributed by atoms with E-state index in [1.807, 2.05) is 26.0 Å². The number of aryl methyl sites for hydroxylation is 2. The third-order valence-corrected chi connectivity index (χ3v) is 4.54. The number of nitrogens with zero attached hydrogens (tertiary/aromatic N) is 2. The summed E-state index contributed by atoms with van der Waals surface area (Å²) in [7, 11) is 0. The number of benzene rings is 1. The highest BCUT2D eigenvalue weighted by atomic mass is 16.5. The van der Waals surface area contributed by atoms with Crippen LogP contribution >= 0.6 is 0 Å². The maximum absolute atomic E-state index is 12.8. The Kier molecular flexibility index (Phi) is 3.36. The molecule has 1 aromatic heterocycles. The van der Waals surface area contributed by atoms with E-state index in [2.05, 4.69) is 18.8 Å². The molecule has 4 nitrogen and oxygen atoms in total. The average Bonchev–Trinajstić information content (AvgIpc) is 2.42. The molecule has 3 rings (SSSR count). The molecule has 1 aliphatic heterocycles. The Morgan fingerprint density at radius 2 is 2.10 bits per heavy atom. The molecule has 112 valence electrons. The van der Waals surface area contributed by atoms with Gasteiger partial charge in [-0.05, 0) is 57.7 Å². The minimum Gasteiger partial charge on any atom is -0.375 e. The van der Waals surface area contributed by atoms with Gasteiger partial charge in [0.05, 0.1) is 22.8 Å². The molecule has 0 aliphatic carbocycles. The SMILES string of the molecule is Cc1ccc2c(=O)n([C@H]3CCOC(C)(C)C3)cnc2c1C. The summed E-state index contributed by atoms with van der Waals surface area (Å²) in [5.74, 6) is 0. The Labute approximate surface area is 124 Å². The summed E-state index contributed by atoms with van der Waals surface area (Å²) in [6.45, 7) is 8.91. The van der Waals surface area contributed by atoms with Gasteiger partial charge in [-0.1, -0.05) is 6.07 Å². The Morgan fingerprint density at radius 3 is 2.81 bits per heavy atom. The molecule has 1 atom stereocenters. The lowest BCUT2D eigenvalue weighted by Crippen LogP contribution is -2.38. The fourth-order valence-electron chi connectivity index (χ4n) is 3.15. The van der Waals surface area contributed by atoms with Crippen molar-refractivity contribution in [3.05, 3.63) is 39.9 Å². The van der Waals surface area contributed by atoms with Crippen LogP contribution < -0.4 is 5.56 Å². The molecule has 2 heterocycles. The van der Waals surface area contributed by atoms with Gasteiger partial charge in [0.15, 0.2) is 0 Å². The molecule has 0 saturated carbocycles. The maximum Gasteiger partial charge on any atom is 0.261 e. The zero-order valence-corrected chi connectivity index (χ0v) is 13.1. The van der Waals surface area contributed by atoms with Crippen LogP contribution in [-0.2, 0) is 4.74 Å². The predicted molar refractivity (Wildman–Crippen MR) is 83.8 cm³/mol. The van der Waals surface area contributed by atoms with Crippen molar-refractivity contribution in [2.24, 2.45) is 0 Å². The van der Waals surface area contributed by atoms with Crippen LogP contribution in [-0.4, -0.2) is 21.8 Å². The maximum atomic E-state index is 12.8. The highest BCUT2D eigenvalue weighted by Crippen LogP contribution is 2.31. The molecule has 0 amide bonds. The van der Waals surface area contributed by atoms with Crippen molar-refractivity contribution in [2.45, 2.75) is 52.2 Å². The molecule has 1 saturated heterocycles. The molecule has 1 fully saturated rings. The van der Waals surface area contributed by atoms with Gasteiger partial charge in [0.1, 0.15) is 0 Å². The highest BCUT2D eigenvalue weighted by molar-refractivity contribution is 5.81. The summed E-state index contributed by atoms with van der Waals surface area (Å²) in [6.07, 6.45) is 3.41. The second kappa shape index (κ2) is 4.95. The second-order valence-corrected chi connectivity index (χ2v) is 6.62. The van der Waals surface area contributed by atoms with Gasteiger partial charge < -0.3 is 4.74 Å². The number of rotatable bonds is 1. The molecule has 0 unspecified atom stereocenters. The van der Waals surface area contributed by atoms with Crippen LogP contribution in [0.15, 0.2) is 23.3 Å². The average molecular weight is 286 g/mol. The molecule has 0 bridgehead atoms. The third kappa shape index (κ3) is 2.48. The number of fused-ring (bicyclic) bond motifs is 1. The number of ether oxygens (including phenoxy) is 1. The molecule has 4 heteroatoms. The van der Waals surface area contributed by atoms with Crippen LogP contribution in [0.25, 0.3) is 10.9 Å². The number of hydrogen-bond donors (Lipinski definition) is 0. The lowest BCUT2D eigenvalue weighted by molar-refractivity contribution is -0.0696. The fraction of sp³-hybridized carbons (Fsp3) is 0.529. The van der Waals surface area contributed by atoms with Crippen molar-refractivity contribution in [3.8, 4) is 0 Å². The van der Waals surface area contributed by atoms with E-state index in [0.717, 1.165) is 23.9 Å². The standard InChI is InChI=1S/C17H22N2O2/c1-11-5-6-14-15(12(11)2)18-10-19(16(14)20)13-7-8-21-17(3,4)9-13/h5-6,10,13H,7-9H2,1-4H3/t13-/m0/s1. The number of hydrogen-bond acceptors (Lipinski definition) is 3. The van der Waals surface area contributed by atoms with Gasteiger partial charge in [0, 0.05) is 12.6 Å². The van der Waals surface area contributed by atoms with E-state index in [4.69, 9.17) is 4.74 Å². The summed E-state index contributed by atoms with van der Waals surface area (Å²) in [6, 6.07) is 4.06. The van der Waals surface area contributed by atoms with Crippen molar-refractivity contribution in [1.82, 2.24) is 9.55 Å². The molecular weight excluding hydrogens is 264 g/mol. The van der Waals surface area contributed by atoms with Gasteiger partial charge in [0.25, 0.3) is 5.56 Å². The molecule has 0 spiro atoms. The van der Waals surface area contributed by atoms with Gasteiger partial charge in [-0.25, -0.2) is 4.98 Å². The molecule has 0 N–H and O–H groups in total. The summed E-state index contributed by atoms with van der Waals surface area (Å²) in [5, 5.41) is 0.713. The third-order valence-electron chi connectivity index (χ3n) is 4.54. The zero-order chi connectivity index (χ0) is 15.2. The topological polar surface area (TPSA) is 44.1 Å². The predicted octanol–water partition coefficient (Wildman–Crippen LogP) is 3.14. The van der Waals surface area contributed by atoms with E-state index in [1.165, 1.54) is 5.56 Å². The Bertz CT molecular complexity index is 746. The Hall–Kier alpha value is -1.68. The summed E-state index contributed by atoms with van der Waals surface area (Å²) >= 11 is 0. The lowest BCUT2D eigenvalue weighted by atomic mass is 9.93. The summed E-state index contributed by atoms with van der Waals surface area (Å²) in [4.78, 5) is 17.3. The molecule has 0 radical (unpaired) electrons. The van der Waals surface area contributed by atoms with Crippen molar-refractivity contribution in [3.63, 3.8) is 0 Å². The van der Waals surface area contributed by atoms with Crippen LogP contribution in [0, 0.1) is 13.8 Å². The summed E-state index contributed by atoms with van der Waals surface area (Å²) in [5.41, 5.74) is 2.96. The van der Waals surface area contributed by atoms with E-state index in [-0.39, 0.29) is 17.2 Å². The van der Waals surface area contributed by atoms with Crippen LogP contribution in [0.2, 0.25) is 0 Å². The van der Waals surface area contributed by atoms with E-state index < -0.39 is 0 Å². The van der Waals surface area contributed by atoms with Gasteiger partial charge in [-0.15, -0.1) is 0 Å². The first kappa shape index (κ1) is 14.3. The van der Waals surface area contributed by atoms with Gasteiger partial charge in [-0.3, -0.25) is 9.36 Å². The number of aromatic nitrogens is 2. The Balaban J connectivity index is 2.11. The van der Waals surface area contributed by atoms with E-state index >= 15 is 0 Å². The first-order valence-electron chi connectivity index (χ1n) is 7.50. The van der Waals surface area contributed by atoms with Crippen LogP contribution in [0.1, 0.15) is 43.9 Å². The van der Waals surface area contributed by atoms with Crippen LogP contribution in [0.3, 0.4) is 0 Å². The zero-order valence-electron chi connectivity index (χ0n) is 13.1. The first-order valence-corrected chi connectivity index (χ1v) is 7.50. The minimum absolute atomic E-state index is 0.0609. The van der Waals surface area contributed by atoms with Crippen LogP contribution in [0.5, 0.6) is 0 Å². The molecule has 2 aromatic rings. The normalized spacial score (nSPS) is 21.6. The van der Waals surface area contributed by atoms with Gasteiger partial charge in [-0.2, -0.15) is 0 Å². The molecule has 1 aromatic carbocycles. The van der Waals surface area contributed by atoms with E-state index in [1.54, 1.807) is 10.9 Å². The van der Waals surface area contributed by atoms with Gasteiger partial charge in [0.2, 0.25) is 0 Å².